The number of aromatic hydroxyl groups is 1. The second-order valence-electron chi connectivity index (χ2n) is 6.56. The van der Waals surface area contributed by atoms with E-state index in [2.05, 4.69) is 5.32 Å². The SMILES string of the molecule is CC(C)NCC(=O)c1ccc(OC(=O)c2cccc3ccccc23)c(O)c1. The van der Waals surface area contributed by atoms with Crippen LogP contribution >= 0.6 is 0 Å². The Morgan fingerprint density at radius 3 is 2.52 bits per heavy atom. The summed E-state index contributed by atoms with van der Waals surface area (Å²) in [6, 6.07) is 17.3. The number of benzene rings is 3. The van der Waals surface area contributed by atoms with Crippen LogP contribution in [-0.2, 0) is 0 Å². The number of phenolic OH excluding ortho intramolecular Hbond substituents is 1. The van der Waals surface area contributed by atoms with Crippen molar-refractivity contribution in [3.05, 3.63) is 71.8 Å². The highest BCUT2D eigenvalue weighted by molar-refractivity contribution is 6.05. The maximum atomic E-state index is 12.6. The minimum Gasteiger partial charge on any atom is -0.504 e. The fraction of sp³-hybridized carbons (Fsp3) is 0.182. The van der Waals surface area contributed by atoms with Gasteiger partial charge < -0.3 is 15.2 Å². The minimum atomic E-state index is -0.567. The van der Waals surface area contributed by atoms with Gasteiger partial charge in [0.15, 0.2) is 17.3 Å². The van der Waals surface area contributed by atoms with Crippen molar-refractivity contribution in [2.75, 3.05) is 6.54 Å². The van der Waals surface area contributed by atoms with Gasteiger partial charge >= 0.3 is 5.97 Å². The Hall–Kier alpha value is -3.18. The molecule has 2 N–H and O–H groups in total. The first-order valence-electron chi connectivity index (χ1n) is 8.75. The number of Topliss-reactive ketones (excluding diaryl/α,β-unsaturated/α-hetero) is 1. The fourth-order valence-electron chi connectivity index (χ4n) is 2.73. The van der Waals surface area contributed by atoms with E-state index >= 15 is 0 Å². The number of hydrogen-bond donors (Lipinski definition) is 2. The van der Waals surface area contributed by atoms with Gasteiger partial charge in [0.2, 0.25) is 0 Å². The molecule has 0 aliphatic rings. The summed E-state index contributed by atoms with van der Waals surface area (Å²) in [4.78, 5) is 24.7. The van der Waals surface area contributed by atoms with E-state index in [0.29, 0.717) is 11.1 Å². The third-order valence-corrected chi connectivity index (χ3v) is 4.16. The number of rotatable bonds is 6. The Morgan fingerprint density at radius 1 is 1.04 bits per heavy atom. The Balaban J connectivity index is 1.79. The van der Waals surface area contributed by atoms with Gasteiger partial charge in [-0.2, -0.15) is 0 Å². The van der Waals surface area contributed by atoms with Gasteiger partial charge in [0.1, 0.15) is 0 Å². The summed E-state index contributed by atoms with van der Waals surface area (Å²) < 4.78 is 5.36. The summed E-state index contributed by atoms with van der Waals surface area (Å²) in [5, 5.41) is 14.9. The Labute approximate surface area is 157 Å². The van der Waals surface area contributed by atoms with Gasteiger partial charge in [0.25, 0.3) is 0 Å². The molecule has 0 saturated heterocycles. The molecule has 0 aromatic heterocycles. The molecule has 3 aromatic carbocycles. The molecule has 0 aliphatic heterocycles. The summed E-state index contributed by atoms with van der Waals surface area (Å²) in [5.41, 5.74) is 0.763. The molecule has 3 rings (SSSR count). The molecule has 3 aromatic rings. The third-order valence-electron chi connectivity index (χ3n) is 4.16. The monoisotopic (exact) mass is 363 g/mol. The Bertz CT molecular complexity index is 989. The lowest BCUT2D eigenvalue weighted by Crippen LogP contribution is -2.29. The number of carbonyl (C=O) groups is 2. The van der Waals surface area contributed by atoms with Crippen molar-refractivity contribution in [3.8, 4) is 11.5 Å². The largest absolute Gasteiger partial charge is 0.504 e. The molecule has 0 saturated carbocycles. The highest BCUT2D eigenvalue weighted by atomic mass is 16.5. The van der Waals surface area contributed by atoms with Crippen LogP contribution in [0.2, 0.25) is 0 Å². The number of ether oxygens (including phenoxy) is 1. The van der Waals surface area contributed by atoms with Crippen LogP contribution in [0.4, 0.5) is 0 Å². The molecule has 0 amide bonds. The van der Waals surface area contributed by atoms with Gasteiger partial charge in [-0.25, -0.2) is 4.79 Å². The van der Waals surface area contributed by atoms with E-state index in [1.807, 2.05) is 44.2 Å². The van der Waals surface area contributed by atoms with Crippen molar-refractivity contribution in [1.29, 1.82) is 0 Å². The lowest BCUT2D eigenvalue weighted by Gasteiger charge is -2.10. The van der Waals surface area contributed by atoms with Gasteiger partial charge in [0.05, 0.1) is 12.1 Å². The van der Waals surface area contributed by atoms with Gasteiger partial charge in [-0.1, -0.05) is 50.2 Å². The second-order valence-corrected chi connectivity index (χ2v) is 6.56. The highest BCUT2D eigenvalue weighted by Gasteiger charge is 2.16. The zero-order valence-corrected chi connectivity index (χ0v) is 15.2. The topological polar surface area (TPSA) is 75.6 Å². The van der Waals surface area contributed by atoms with Crippen LogP contribution in [0.25, 0.3) is 10.8 Å². The van der Waals surface area contributed by atoms with E-state index in [1.54, 1.807) is 12.1 Å². The van der Waals surface area contributed by atoms with E-state index < -0.39 is 5.97 Å². The van der Waals surface area contributed by atoms with E-state index in [9.17, 15) is 14.7 Å². The number of ketones is 1. The molecule has 0 radical (unpaired) electrons. The van der Waals surface area contributed by atoms with Crippen LogP contribution in [0.5, 0.6) is 11.5 Å². The fourth-order valence-corrected chi connectivity index (χ4v) is 2.73. The van der Waals surface area contributed by atoms with Crippen molar-refractivity contribution in [2.24, 2.45) is 0 Å². The number of hydrogen-bond acceptors (Lipinski definition) is 5. The van der Waals surface area contributed by atoms with Gasteiger partial charge in [0, 0.05) is 11.6 Å². The molecule has 138 valence electrons. The second kappa shape index (κ2) is 8.01. The lowest BCUT2D eigenvalue weighted by atomic mass is 10.0. The predicted molar refractivity (Wildman–Crippen MR) is 104 cm³/mol. The summed E-state index contributed by atoms with van der Waals surface area (Å²) in [6.45, 7) is 4.06. The molecule has 0 fully saturated rings. The smallest absolute Gasteiger partial charge is 0.344 e. The van der Waals surface area contributed by atoms with Gasteiger partial charge in [-0.05, 0) is 35.0 Å². The highest BCUT2D eigenvalue weighted by Crippen LogP contribution is 2.29. The van der Waals surface area contributed by atoms with E-state index in [-0.39, 0.29) is 29.9 Å². The molecule has 0 unspecified atom stereocenters. The van der Waals surface area contributed by atoms with Crippen molar-refractivity contribution < 1.29 is 19.4 Å². The van der Waals surface area contributed by atoms with Crippen molar-refractivity contribution in [2.45, 2.75) is 19.9 Å². The number of esters is 1. The molecule has 5 nitrogen and oxygen atoms in total. The maximum absolute atomic E-state index is 12.6. The summed E-state index contributed by atoms with van der Waals surface area (Å²) >= 11 is 0. The number of phenols is 1. The first kappa shape index (κ1) is 18.6. The normalized spacial score (nSPS) is 10.9. The first-order chi connectivity index (χ1) is 13.0. The van der Waals surface area contributed by atoms with Gasteiger partial charge in [-0.15, -0.1) is 0 Å². The van der Waals surface area contributed by atoms with Crippen LogP contribution in [0.3, 0.4) is 0 Å². The Morgan fingerprint density at radius 2 is 1.78 bits per heavy atom. The van der Waals surface area contributed by atoms with E-state index in [0.717, 1.165) is 10.8 Å². The predicted octanol–water partition coefficient (Wildman–Crippen LogP) is 3.95. The summed E-state index contributed by atoms with van der Waals surface area (Å²) in [6.07, 6.45) is 0. The number of fused-ring (bicyclic) bond motifs is 1. The average Bonchev–Trinajstić information content (AvgIpc) is 2.67. The molecule has 0 bridgehead atoms. The van der Waals surface area contributed by atoms with Crippen LogP contribution in [-0.4, -0.2) is 29.4 Å². The van der Waals surface area contributed by atoms with Crippen LogP contribution < -0.4 is 10.1 Å². The molecule has 0 heterocycles. The quantitative estimate of drug-likeness (QED) is 0.394. The summed E-state index contributed by atoms with van der Waals surface area (Å²) in [5.74, 6) is -0.950. The lowest BCUT2D eigenvalue weighted by molar-refractivity contribution is 0.0731. The van der Waals surface area contributed by atoms with Crippen LogP contribution in [0.15, 0.2) is 60.7 Å². The zero-order chi connectivity index (χ0) is 19.4. The maximum Gasteiger partial charge on any atom is 0.344 e. The summed E-state index contributed by atoms with van der Waals surface area (Å²) in [7, 11) is 0. The molecule has 27 heavy (non-hydrogen) atoms. The van der Waals surface area contributed by atoms with Crippen molar-refractivity contribution >= 4 is 22.5 Å². The van der Waals surface area contributed by atoms with Crippen LogP contribution in [0.1, 0.15) is 34.6 Å². The molecule has 0 spiro atoms. The average molecular weight is 363 g/mol. The van der Waals surface area contributed by atoms with Crippen molar-refractivity contribution in [3.63, 3.8) is 0 Å². The number of nitrogens with one attached hydrogen (secondary N) is 1. The Kier molecular flexibility index (Phi) is 5.52. The molecule has 0 atom stereocenters. The standard InChI is InChI=1S/C22H21NO4/c1-14(2)23-13-20(25)16-10-11-21(19(24)12-16)27-22(26)18-9-5-7-15-6-3-4-8-17(15)18/h3-12,14,23-24H,13H2,1-2H3. The van der Waals surface area contributed by atoms with Crippen molar-refractivity contribution in [1.82, 2.24) is 5.32 Å². The third kappa shape index (κ3) is 4.33. The molecular formula is C22H21NO4. The molecule has 5 heteroatoms. The minimum absolute atomic E-state index is 0.0151. The molecule has 0 aliphatic carbocycles. The first-order valence-corrected chi connectivity index (χ1v) is 8.75. The van der Waals surface area contributed by atoms with Crippen LogP contribution in [0, 0.1) is 0 Å². The molecular weight excluding hydrogens is 342 g/mol. The number of carbonyl (C=O) groups excluding carboxylic acids is 2. The zero-order valence-electron chi connectivity index (χ0n) is 15.2. The van der Waals surface area contributed by atoms with E-state index in [1.165, 1.54) is 18.2 Å². The van der Waals surface area contributed by atoms with E-state index in [4.69, 9.17) is 4.74 Å². The van der Waals surface area contributed by atoms with Gasteiger partial charge in [-0.3, -0.25) is 4.79 Å².